The number of nitro groups is 1. The van der Waals surface area contributed by atoms with Crippen molar-refractivity contribution in [2.75, 3.05) is 11.9 Å². The molecule has 0 aliphatic carbocycles. The summed E-state index contributed by atoms with van der Waals surface area (Å²) < 4.78 is 1.52. The number of anilines is 1. The maximum Gasteiger partial charge on any atom is 0.334 e. The third kappa shape index (κ3) is 2.08. The Morgan fingerprint density at radius 2 is 2.20 bits per heavy atom. The van der Waals surface area contributed by atoms with E-state index in [-0.39, 0.29) is 16.5 Å². The van der Waals surface area contributed by atoms with E-state index in [9.17, 15) is 10.1 Å². The number of nitrogens with one attached hydrogen (secondary N) is 1. The maximum absolute atomic E-state index is 10.9. The molecule has 6 nitrogen and oxygen atoms in total. The lowest BCUT2D eigenvalue weighted by Crippen LogP contribution is -2.05. The lowest BCUT2D eigenvalue weighted by molar-refractivity contribution is -0.384. The second-order valence-electron chi connectivity index (χ2n) is 3.65. The number of aromatic nitrogens is 2. The molecule has 0 radical (unpaired) electrons. The Morgan fingerprint density at radius 1 is 1.60 bits per heavy atom. The Hall–Kier alpha value is -1.59. The van der Waals surface area contributed by atoms with E-state index in [0.717, 1.165) is 0 Å². The van der Waals surface area contributed by atoms with Crippen LogP contribution in [0.4, 0.5) is 11.5 Å². The molecule has 1 heterocycles. The average molecular weight is 212 g/mol. The van der Waals surface area contributed by atoms with Gasteiger partial charge in [-0.1, -0.05) is 13.8 Å². The minimum atomic E-state index is -0.375. The summed E-state index contributed by atoms with van der Waals surface area (Å²) in [5.41, 5.74) is 0.618. The topological polar surface area (TPSA) is 73.0 Å². The van der Waals surface area contributed by atoms with Crippen LogP contribution in [-0.2, 0) is 7.05 Å². The van der Waals surface area contributed by atoms with Gasteiger partial charge in [0.25, 0.3) is 0 Å². The Kier molecular flexibility index (Phi) is 3.28. The summed E-state index contributed by atoms with van der Waals surface area (Å²) in [6, 6.07) is 0. The van der Waals surface area contributed by atoms with Gasteiger partial charge in [0.05, 0.1) is 4.92 Å². The van der Waals surface area contributed by atoms with Crippen molar-refractivity contribution in [1.82, 2.24) is 9.78 Å². The molecule has 15 heavy (non-hydrogen) atoms. The molecule has 0 bridgehead atoms. The molecule has 0 aliphatic rings. The number of hydrogen-bond donors (Lipinski definition) is 1. The quantitative estimate of drug-likeness (QED) is 0.611. The van der Waals surface area contributed by atoms with Gasteiger partial charge in [0.1, 0.15) is 5.69 Å². The molecule has 84 valence electrons. The van der Waals surface area contributed by atoms with Gasteiger partial charge in [-0.15, -0.1) is 0 Å². The summed E-state index contributed by atoms with van der Waals surface area (Å²) in [6.45, 7) is 6.32. The van der Waals surface area contributed by atoms with Crippen LogP contribution in [0.3, 0.4) is 0 Å². The molecule has 0 spiro atoms. The fourth-order valence-electron chi connectivity index (χ4n) is 1.47. The molecule has 1 rings (SSSR count). The minimum Gasteiger partial charge on any atom is -0.365 e. The summed E-state index contributed by atoms with van der Waals surface area (Å²) in [5.74, 6) is 0.523. The maximum atomic E-state index is 10.9. The monoisotopic (exact) mass is 212 g/mol. The molecule has 0 atom stereocenters. The van der Waals surface area contributed by atoms with Crippen LogP contribution < -0.4 is 5.32 Å². The van der Waals surface area contributed by atoms with Crippen molar-refractivity contribution in [2.45, 2.75) is 26.7 Å². The van der Waals surface area contributed by atoms with Crippen molar-refractivity contribution in [1.29, 1.82) is 0 Å². The van der Waals surface area contributed by atoms with Gasteiger partial charge in [0.15, 0.2) is 0 Å². The van der Waals surface area contributed by atoms with Crippen molar-refractivity contribution in [3.63, 3.8) is 0 Å². The zero-order valence-electron chi connectivity index (χ0n) is 9.44. The first-order chi connectivity index (χ1) is 6.99. The molecule has 1 aromatic heterocycles. The van der Waals surface area contributed by atoms with Crippen LogP contribution in [0.2, 0.25) is 0 Å². The summed E-state index contributed by atoms with van der Waals surface area (Å²) in [6.07, 6.45) is 0. The van der Waals surface area contributed by atoms with E-state index in [1.807, 2.05) is 20.8 Å². The first kappa shape index (κ1) is 11.5. The van der Waals surface area contributed by atoms with Gasteiger partial charge in [-0.05, 0) is 6.92 Å². The van der Waals surface area contributed by atoms with Crippen LogP contribution >= 0.6 is 0 Å². The lowest BCUT2D eigenvalue weighted by atomic mass is 10.1. The van der Waals surface area contributed by atoms with E-state index in [0.29, 0.717) is 18.1 Å². The second kappa shape index (κ2) is 4.29. The molecule has 1 aromatic rings. The molecule has 0 saturated heterocycles. The fourth-order valence-corrected chi connectivity index (χ4v) is 1.47. The van der Waals surface area contributed by atoms with Gasteiger partial charge >= 0.3 is 5.69 Å². The normalized spacial score (nSPS) is 10.7. The SMILES string of the molecule is CCNc1c([N+](=O)[O-])c(C(C)C)nn1C. The Labute approximate surface area is 88.4 Å². The van der Waals surface area contributed by atoms with E-state index in [2.05, 4.69) is 10.4 Å². The molecule has 0 saturated carbocycles. The smallest absolute Gasteiger partial charge is 0.334 e. The van der Waals surface area contributed by atoms with Crippen molar-refractivity contribution < 1.29 is 4.92 Å². The van der Waals surface area contributed by atoms with E-state index in [4.69, 9.17) is 0 Å². The average Bonchev–Trinajstić information content (AvgIpc) is 2.45. The van der Waals surface area contributed by atoms with Crippen molar-refractivity contribution in [3.05, 3.63) is 15.8 Å². The van der Waals surface area contributed by atoms with Gasteiger partial charge < -0.3 is 5.32 Å². The molecule has 1 N–H and O–H groups in total. The van der Waals surface area contributed by atoms with Crippen LogP contribution in [-0.4, -0.2) is 21.2 Å². The van der Waals surface area contributed by atoms with Crippen molar-refractivity contribution >= 4 is 11.5 Å². The summed E-state index contributed by atoms with van der Waals surface area (Å²) in [5, 5.41) is 18.1. The molecule has 0 aliphatic heterocycles. The summed E-state index contributed by atoms with van der Waals surface area (Å²) >= 11 is 0. The highest BCUT2D eigenvalue weighted by molar-refractivity contribution is 5.60. The number of rotatable bonds is 4. The molecule has 0 amide bonds. The largest absolute Gasteiger partial charge is 0.365 e. The highest BCUT2D eigenvalue weighted by Gasteiger charge is 2.27. The first-order valence-corrected chi connectivity index (χ1v) is 4.94. The predicted octanol–water partition coefficient (Wildman–Crippen LogP) is 1.88. The first-order valence-electron chi connectivity index (χ1n) is 4.94. The molecule has 6 heteroatoms. The van der Waals surface area contributed by atoms with E-state index in [1.54, 1.807) is 7.05 Å². The number of nitrogens with zero attached hydrogens (tertiary/aromatic N) is 3. The van der Waals surface area contributed by atoms with Crippen LogP contribution in [0.25, 0.3) is 0 Å². The van der Waals surface area contributed by atoms with E-state index in [1.165, 1.54) is 4.68 Å². The molecular formula is C9H16N4O2. The van der Waals surface area contributed by atoms with Crippen LogP contribution in [0, 0.1) is 10.1 Å². The van der Waals surface area contributed by atoms with Gasteiger partial charge in [-0.2, -0.15) is 5.10 Å². The summed E-state index contributed by atoms with van der Waals surface area (Å²) in [7, 11) is 1.71. The fraction of sp³-hybridized carbons (Fsp3) is 0.667. The van der Waals surface area contributed by atoms with Crippen LogP contribution in [0.5, 0.6) is 0 Å². The highest BCUT2D eigenvalue weighted by atomic mass is 16.6. The predicted molar refractivity (Wildman–Crippen MR) is 58.1 cm³/mol. The van der Waals surface area contributed by atoms with E-state index < -0.39 is 0 Å². The second-order valence-corrected chi connectivity index (χ2v) is 3.65. The molecule has 0 unspecified atom stereocenters. The van der Waals surface area contributed by atoms with Gasteiger partial charge in [0, 0.05) is 19.5 Å². The lowest BCUT2D eigenvalue weighted by Gasteiger charge is -2.02. The Bertz CT molecular complexity index is 370. The number of aryl methyl sites for hydroxylation is 1. The third-order valence-electron chi connectivity index (χ3n) is 2.12. The Morgan fingerprint density at radius 3 is 2.60 bits per heavy atom. The van der Waals surface area contributed by atoms with E-state index >= 15 is 0 Å². The van der Waals surface area contributed by atoms with Gasteiger partial charge in [-0.3, -0.25) is 10.1 Å². The number of hydrogen-bond acceptors (Lipinski definition) is 4. The summed E-state index contributed by atoms with van der Waals surface area (Å²) in [4.78, 5) is 10.6. The molecule has 0 fully saturated rings. The van der Waals surface area contributed by atoms with Gasteiger partial charge in [0.2, 0.25) is 5.82 Å². The minimum absolute atomic E-state index is 0.0454. The van der Waals surface area contributed by atoms with Crippen molar-refractivity contribution in [3.8, 4) is 0 Å². The zero-order chi connectivity index (χ0) is 11.6. The van der Waals surface area contributed by atoms with Crippen LogP contribution in [0.1, 0.15) is 32.4 Å². The van der Waals surface area contributed by atoms with Crippen molar-refractivity contribution in [2.24, 2.45) is 7.05 Å². The third-order valence-corrected chi connectivity index (χ3v) is 2.12. The standard InChI is InChI=1S/C9H16N4O2/c1-5-10-9-8(13(14)15)7(6(2)3)11-12(9)4/h6,10H,5H2,1-4H3. The molecular weight excluding hydrogens is 196 g/mol. The Balaban J connectivity index is 3.30. The molecule has 0 aromatic carbocycles. The highest BCUT2D eigenvalue weighted by Crippen LogP contribution is 2.32. The van der Waals surface area contributed by atoms with Crippen LogP contribution in [0.15, 0.2) is 0 Å². The zero-order valence-corrected chi connectivity index (χ0v) is 9.44. The van der Waals surface area contributed by atoms with Gasteiger partial charge in [-0.25, -0.2) is 4.68 Å².